The predicted molar refractivity (Wildman–Crippen MR) is 133 cm³/mol. The second-order valence-corrected chi connectivity index (χ2v) is 9.79. The summed E-state index contributed by atoms with van der Waals surface area (Å²) in [7, 11) is -4.00. The summed E-state index contributed by atoms with van der Waals surface area (Å²) in [4.78, 5) is 13.3. The lowest BCUT2D eigenvalue weighted by atomic mass is 10.1. The van der Waals surface area contributed by atoms with Crippen LogP contribution in [0.25, 0.3) is 0 Å². The second-order valence-electron chi connectivity index (χ2n) is 8.07. The van der Waals surface area contributed by atoms with E-state index in [1.54, 1.807) is 31.2 Å². The Hall–Kier alpha value is -3.56. The average molecular weight is 497 g/mol. The van der Waals surface area contributed by atoms with Gasteiger partial charge in [0.2, 0.25) is 15.9 Å². The van der Waals surface area contributed by atoms with Crippen LogP contribution in [0.1, 0.15) is 18.1 Å². The van der Waals surface area contributed by atoms with Gasteiger partial charge in [-0.05, 0) is 61.7 Å². The van der Waals surface area contributed by atoms with Gasteiger partial charge in [0.15, 0.2) is 11.5 Å². The van der Waals surface area contributed by atoms with Crippen LogP contribution in [0.3, 0.4) is 0 Å². The maximum absolute atomic E-state index is 13.3. The summed E-state index contributed by atoms with van der Waals surface area (Å²) in [6.45, 7) is 5.00. The molecule has 0 saturated carbocycles. The van der Waals surface area contributed by atoms with E-state index in [2.05, 4.69) is 10.0 Å². The molecule has 1 atom stereocenters. The Bertz CT molecular complexity index is 1290. The largest absolute Gasteiger partial charge is 0.494 e. The van der Waals surface area contributed by atoms with Crippen molar-refractivity contribution in [3.63, 3.8) is 0 Å². The van der Waals surface area contributed by atoms with Crippen molar-refractivity contribution in [3.05, 3.63) is 77.9 Å². The molecule has 0 bridgehead atoms. The standard InChI is InChI=1S/C26H28N2O6S/c1-3-32-23-12-10-21(15-18(23)2)35(30,31)28-22(16-19-7-5-4-6-8-19)26(29)27-20-9-11-24-25(17-20)34-14-13-33-24/h4-12,15,17,22,28H,3,13-14,16H2,1-2H3,(H,27,29). The van der Waals surface area contributed by atoms with Crippen molar-refractivity contribution in [2.45, 2.75) is 31.2 Å². The molecule has 1 aliphatic heterocycles. The predicted octanol–water partition coefficient (Wildman–Crippen LogP) is 3.69. The number of hydrogen-bond acceptors (Lipinski definition) is 6. The number of carbonyl (C=O) groups excluding carboxylic acids is 1. The highest BCUT2D eigenvalue weighted by atomic mass is 32.2. The Morgan fingerprint density at radius 3 is 2.46 bits per heavy atom. The average Bonchev–Trinajstić information content (AvgIpc) is 2.85. The summed E-state index contributed by atoms with van der Waals surface area (Å²) < 4.78 is 45.7. The number of aryl methyl sites for hydroxylation is 1. The first-order chi connectivity index (χ1) is 16.9. The third-order valence-electron chi connectivity index (χ3n) is 5.46. The number of sulfonamides is 1. The Morgan fingerprint density at radius 1 is 1.00 bits per heavy atom. The molecule has 1 unspecified atom stereocenters. The molecule has 8 nitrogen and oxygen atoms in total. The Labute approximate surface area is 205 Å². The number of ether oxygens (including phenoxy) is 3. The molecule has 0 saturated heterocycles. The normalized spacial score (nSPS) is 13.7. The first-order valence-corrected chi connectivity index (χ1v) is 12.8. The molecular weight excluding hydrogens is 468 g/mol. The third kappa shape index (κ3) is 6.12. The van der Waals surface area contributed by atoms with Crippen molar-refractivity contribution in [3.8, 4) is 17.2 Å². The summed E-state index contributed by atoms with van der Waals surface area (Å²) in [5.74, 6) is 1.25. The van der Waals surface area contributed by atoms with Gasteiger partial charge in [0, 0.05) is 11.8 Å². The van der Waals surface area contributed by atoms with E-state index in [9.17, 15) is 13.2 Å². The molecule has 1 heterocycles. The van der Waals surface area contributed by atoms with Crippen LogP contribution in [0, 0.1) is 6.92 Å². The zero-order valence-electron chi connectivity index (χ0n) is 19.6. The number of rotatable bonds is 9. The molecule has 9 heteroatoms. The van der Waals surface area contributed by atoms with Crippen molar-refractivity contribution in [2.75, 3.05) is 25.1 Å². The minimum absolute atomic E-state index is 0.0589. The molecule has 0 aliphatic carbocycles. The molecule has 35 heavy (non-hydrogen) atoms. The van der Waals surface area contributed by atoms with Crippen molar-refractivity contribution in [2.24, 2.45) is 0 Å². The molecule has 0 aromatic heterocycles. The fourth-order valence-electron chi connectivity index (χ4n) is 3.75. The zero-order valence-corrected chi connectivity index (χ0v) is 20.4. The topological polar surface area (TPSA) is 103 Å². The first-order valence-electron chi connectivity index (χ1n) is 11.4. The number of fused-ring (bicyclic) bond motifs is 1. The van der Waals surface area contributed by atoms with Crippen LogP contribution in [0.4, 0.5) is 5.69 Å². The van der Waals surface area contributed by atoms with Crippen LogP contribution < -0.4 is 24.2 Å². The SMILES string of the molecule is CCOc1ccc(S(=O)(=O)NC(Cc2ccccc2)C(=O)Nc2ccc3c(c2)OCCO3)cc1C. The maximum atomic E-state index is 13.3. The minimum Gasteiger partial charge on any atom is -0.494 e. The molecule has 4 rings (SSSR count). The molecule has 0 fully saturated rings. The quantitative estimate of drug-likeness (QED) is 0.468. The highest BCUT2D eigenvalue weighted by molar-refractivity contribution is 7.89. The summed E-state index contributed by atoms with van der Waals surface area (Å²) >= 11 is 0. The van der Waals surface area contributed by atoms with Gasteiger partial charge in [-0.2, -0.15) is 4.72 Å². The number of hydrogen-bond donors (Lipinski definition) is 2. The fraction of sp³-hybridized carbons (Fsp3) is 0.269. The highest BCUT2D eigenvalue weighted by Crippen LogP contribution is 2.32. The van der Waals surface area contributed by atoms with Crippen LogP contribution in [0.15, 0.2) is 71.6 Å². The lowest BCUT2D eigenvalue weighted by Crippen LogP contribution is -2.45. The lowest BCUT2D eigenvalue weighted by molar-refractivity contribution is -0.117. The molecule has 2 N–H and O–H groups in total. The van der Waals surface area contributed by atoms with Gasteiger partial charge in [-0.1, -0.05) is 30.3 Å². The Balaban J connectivity index is 1.57. The van der Waals surface area contributed by atoms with Crippen LogP contribution in [-0.4, -0.2) is 40.2 Å². The number of carbonyl (C=O) groups is 1. The number of benzene rings is 3. The van der Waals surface area contributed by atoms with Crippen molar-refractivity contribution < 1.29 is 27.4 Å². The van der Waals surface area contributed by atoms with Crippen molar-refractivity contribution in [1.29, 1.82) is 0 Å². The Kier molecular flexibility index (Phi) is 7.57. The van der Waals surface area contributed by atoms with Crippen molar-refractivity contribution in [1.82, 2.24) is 4.72 Å². The van der Waals surface area contributed by atoms with E-state index >= 15 is 0 Å². The number of nitrogens with one attached hydrogen (secondary N) is 2. The second kappa shape index (κ2) is 10.8. The fourth-order valence-corrected chi connectivity index (χ4v) is 5.03. The van der Waals surface area contributed by atoms with Gasteiger partial charge >= 0.3 is 0 Å². The van der Waals surface area contributed by atoms with E-state index < -0.39 is 22.0 Å². The van der Waals surface area contributed by atoms with Gasteiger partial charge in [0.05, 0.1) is 11.5 Å². The Morgan fingerprint density at radius 2 is 1.74 bits per heavy atom. The van der Waals surface area contributed by atoms with Crippen LogP contribution in [-0.2, 0) is 21.2 Å². The third-order valence-corrected chi connectivity index (χ3v) is 6.93. The van der Waals surface area contributed by atoms with Crippen LogP contribution >= 0.6 is 0 Å². The van der Waals surface area contributed by atoms with E-state index in [4.69, 9.17) is 14.2 Å². The van der Waals surface area contributed by atoms with Gasteiger partial charge in [-0.3, -0.25) is 4.79 Å². The molecule has 1 aliphatic rings. The lowest BCUT2D eigenvalue weighted by Gasteiger charge is -2.21. The van der Waals surface area contributed by atoms with E-state index in [-0.39, 0.29) is 11.3 Å². The summed E-state index contributed by atoms with van der Waals surface area (Å²) in [6.07, 6.45) is 0.173. The van der Waals surface area contributed by atoms with Gasteiger partial charge < -0.3 is 19.5 Å². The zero-order chi connectivity index (χ0) is 24.8. The first kappa shape index (κ1) is 24.6. The van der Waals surface area contributed by atoms with Crippen molar-refractivity contribution >= 4 is 21.6 Å². The molecule has 1 amide bonds. The molecule has 0 radical (unpaired) electrons. The molecule has 3 aromatic rings. The van der Waals surface area contributed by atoms with Gasteiger partial charge in [-0.25, -0.2) is 8.42 Å². The summed E-state index contributed by atoms with van der Waals surface area (Å²) in [5.41, 5.74) is 1.99. The van der Waals surface area contributed by atoms with Gasteiger partial charge in [-0.15, -0.1) is 0 Å². The van der Waals surface area contributed by atoms with Gasteiger partial charge in [0.1, 0.15) is 25.0 Å². The van der Waals surface area contributed by atoms with E-state index in [1.807, 2.05) is 37.3 Å². The summed E-state index contributed by atoms with van der Waals surface area (Å²) in [6, 6.07) is 17.9. The molecular formula is C26H28N2O6S. The van der Waals surface area contributed by atoms with E-state index in [1.165, 1.54) is 12.1 Å². The smallest absolute Gasteiger partial charge is 0.242 e. The molecule has 184 valence electrons. The molecule has 3 aromatic carbocycles. The monoisotopic (exact) mass is 496 g/mol. The van der Waals surface area contributed by atoms with Crippen LogP contribution in [0.5, 0.6) is 17.2 Å². The minimum atomic E-state index is -4.00. The van der Waals surface area contributed by atoms with E-state index in [0.29, 0.717) is 48.3 Å². The number of amides is 1. The summed E-state index contributed by atoms with van der Waals surface area (Å²) in [5, 5.41) is 2.80. The maximum Gasteiger partial charge on any atom is 0.242 e. The highest BCUT2D eigenvalue weighted by Gasteiger charge is 2.27. The van der Waals surface area contributed by atoms with Crippen LogP contribution in [0.2, 0.25) is 0 Å². The van der Waals surface area contributed by atoms with E-state index in [0.717, 1.165) is 5.56 Å². The number of anilines is 1. The van der Waals surface area contributed by atoms with Gasteiger partial charge in [0.25, 0.3) is 0 Å². The molecule has 0 spiro atoms.